The van der Waals surface area contributed by atoms with Gasteiger partial charge < -0.3 is 19.7 Å². The van der Waals surface area contributed by atoms with E-state index in [1.807, 2.05) is 75.4 Å². The number of nitrogens with one attached hydrogen (secondary N) is 1. The number of benzene rings is 4. The molecule has 48 heavy (non-hydrogen) atoms. The molecule has 0 saturated heterocycles. The van der Waals surface area contributed by atoms with Crippen LogP contribution in [0.25, 0.3) is 0 Å². The number of hydrogen-bond acceptors (Lipinski definition) is 6. The molecule has 9 nitrogen and oxygen atoms in total. The molecule has 4 rings (SSSR count). The van der Waals surface area contributed by atoms with Crippen molar-refractivity contribution in [3.8, 4) is 11.5 Å². The third kappa shape index (κ3) is 9.16. The molecule has 0 spiro atoms. The maximum atomic E-state index is 14.7. The van der Waals surface area contributed by atoms with Crippen molar-refractivity contribution in [3.63, 3.8) is 0 Å². The molecule has 4 aromatic rings. The van der Waals surface area contributed by atoms with Gasteiger partial charge in [-0.2, -0.15) is 0 Å². The van der Waals surface area contributed by atoms with Gasteiger partial charge in [0.15, 0.2) is 11.5 Å². The lowest BCUT2D eigenvalue weighted by Gasteiger charge is -2.34. The minimum Gasteiger partial charge on any atom is -0.493 e. The summed E-state index contributed by atoms with van der Waals surface area (Å²) in [6.45, 7) is 5.88. The Bertz CT molecular complexity index is 1760. The third-order valence-electron chi connectivity index (χ3n) is 8.12. The zero-order chi connectivity index (χ0) is 34.7. The molecule has 0 aliphatic carbocycles. The number of amides is 2. The molecule has 0 aromatic heterocycles. The van der Waals surface area contributed by atoms with Gasteiger partial charge in [-0.3, -0.25) is 13.9 Å². The van der Waals surface area contributed by atoms with Crippen LogP contribution in [0.3, 0.4) is 0 Å². The fourth-order valence-corrected chi connectivity index (χ4v) is 6.70. The number of anilines is 1. The summed E-state index contributed by atoms with van der Waals surface area (Å²) >= 11 is 0. The average Bonchev–Trinajstić information content (AvgIpc) is 3.09. The molecule has 10 heteroatoms. The predicted octanol–water partition coefficient (Wildman–Crippen LogP) is 6.07. The number of rotatable bonds is 16. The summed E-state index contributed by atoms with van der Waals surface area (Å²) in [6.07, 6.45) is 1.93. The molecule has 0 fully saturated rings. The Morgan fingerprint density at radius 2 is 1.42 bits per heavy atom. The van der Waals surface area contributed by atoms with Crippen LogP contribution in [-0.4, -0.2) is 58.5 Å². The smallest absolute Gasteiger partial charge is 0.264 e. The van der Waals surface area contributed by atoms with Crippen LogP contribution in [0.15, 0.2) is 102 Å². The highest BCUT2D eigenvalue weighted by molar-refractivity contribution is 7.92. The fourth-order valence-electron chi connectivity index (χ4n) is 5.30. The van der Waals surface area contributed by atoms with Gasteiger partial charge in [-0.05, 0) is 55.7 Å². The molecule has 1 atom stereocenters. The molecule has 2 amide bonds. The van der Waals surface area contributed by atoms with Gasteiger partial charge in [0, 0.05) is 25.6 Å². The SMILES string of the molecule is CCCCNC(=O)[C@@H](Cc1ccccc1)N(Cc1ccc(C)cc1)C(=O)CN(c1ccc(OC)c(OC)c1)S(=O)(=O)c1ccc(C)cc1. The minimum absolute atomic E-state index is 0.0268. The number of aryl methyl sites for hydroxylation is 2. The summed E-state index contributed by atoms with van der Waals surface area (Å²) in [5.41, 5.74) is 3.85. The molecule has 4 aromatic carbocycles. The minimum atomic E-state index is -4.26. The molecule has 1 N–H and O–H groups in total. The first-order chi connectivity index (χ1) is 23.1. The number of carbonyl (C=O) groups is 2. The van der Waals surface area contributed by atoms with E-state index in [0.717, 1.165) is 39.4 Å². The molecule has 0 saturated carbocycles. The Morgan fingerprint density at radius 1 is 0.792 bits per heavy atom. The molecule has 254 valence electrons. The number of nitrogens with zero attached hydrogens (tertiary/aromatic N) is 2. The second-order valence-electron chi connectivity index (χ2n) is 11.7. The number of carbonyl (C=O) groups excluding carboxylic acids is 2. The second kappa shape index (κ2) is 16.8. The van der Waals surface area contributed by atoms with Crippen molar-refractivity contribution in [2.24, 2.45) is 0 Å². The summed E-state index contributed by atoms with van der Waals surface area (Å²) in [5, 5.41) is 3.01. The highest BCUT2D eigenvalue weighted by Gasteiger charge is 2.35. The van der Waals surface area contributed by atoms with Crippen molar-refractivity contribution >= 4 is 27.5 Å². The van der Waals surface area contributed by atoms with Crippen LogP contribution < -0.4 is 19.1 Å². The van der Waals surface area contributed by atoms with Crippen molar-refractivity contribution < 1.29 is 27.5 Å². The van der Waals surface area contributed by atoms with Gasteiger partial charge in [0.05, 0.1) is 24.8 Å². The second-order valence-corrected chi connectivity index (χ2v) is 13.6. The van der Waals surface area contributed by atoms with E-state index in [2.05, 4.69) is 5.32 Å². The lowest BCUT2D eigenvalue weighted by atomic mass is 10.0. The van der Waals surface area contributed by atoms with Gasteiger partial charge in [-0.25, -0.2) is 8.42 Å². The molecular formula is C38H45N3O6S. The van der Waals surface area contributed by atoms with Crippen LogP contribution in [0.4, 0.5) is 5.69 Å². The summed E-state index contributed by atoms with van der Waals surface area (Å²) in [4.78, 5) is 30.1. The molecule has 0 heterocycles. The van der Waals surface area contributed by atoms with Crippen LogP contribution in [-0.2, 0) is 32.6 Å². The van der Waals surface area contributed by atoms with Crippen LogP contribution in [0.2, 0.25) is 0 Å². The third-order valence-corrected chi connectivity index (χ3v) is 9.91. The first-order valence-corrected chi connectivity index (χ1v) is 17.5. The van der Waals surface area contributed by atoms with E-state index in [-0.39, 0.29) is 29.5 Å². The zero-order valence-electron chi connectivity index (χ0n) is 28.3. The lowest BCUT2D eigenvalue weighted by Crippen LogP contribution is -2.53. The van der Waals surface area contributed by atoms with E-state index in [9.17, 15) is 18.0 Å². The first-order valence-electron chi connectivity index (χ1n) is 16.1. The van der Waals surface area contributed by atoms with Crippen molar-refractivity contribution in [2.45, 2.75) is 57.5 Å². The van der Waals surface area contributed by atoms with E-state index in [0.29, 0.717) is 18.0 Å². The van der Waals surface area contributed by atoms with Gasteiger partial charge in [0.2, 0.25) is 11.8 Å². The van der Waals surface area contributed by atoms with E-state index < -0.39 is 28.5 Å². The maximum absolute atomic E-state index is 14.7. The largest absolute Gasteiger partial charge is 0.493 e. The summed E-state index contributed by atoms with van der Waals surface area (Å²) < 4.78 is 40.6. The Morgan fingerprint density at radius 3 is 2.02 bits per heavy atom. The number of unbranched alkanes of at least 4 members (excludes halogenated alkanes) is 1. The molecule has 0 aliphatic rings. The van der Waals surface area contributed by atoms with Crippen LogP contribution in [0.1, 0.15) is 42.0 Å². The molecule has 0 unspecified atom stereocenters. The fraction of sp³-hybridized carbons (Fsp3) is 0.316. The molecule has 0 aliphatic heterocycles. The maximum Gasteiger partial charge on any atom is 0.264 e. The van der Waals surface area contributed by atoms with E-state index in [1.165, 1.54) is 37.3 Å². The normalized spacial score (nSPS) is 11.8. The molecule has 0 bridgehead atoms. The number of sulfonamides is 1. The Kier molecular flexibility index (Phi) is 12.6. The number of hydrogen-bond donors (Lipinski definition) is 1. The van der Waals surface area contributed by atoms with E-state index >= 15 is 0 Å². The summed E-state index contributed by atoms with van der Waals surface area (Å²) in [5.74, 6) is -0.118. The average molecular weight is 672 g/mol. The molecular weight excluding hydrogens is 627 g/mol. The van der Waals surface area contributed by atoms with Gasteiger partial charge in [0.1, 0.15) is 12.6 Å². The Hall–Kier alpha value is -4.83. The first kappa shape index (κ1) is 36.0. The topological polar surface area (TPSA) is 105 Å². The van der Waals surface area contributed by atoms with Crippen molar-refractivity contribution in [2.75, 3.05) is 31.6 Å². The standard InChI is InChI=1S/C38H45N3O6S/c1-6-7-23-39-38(43)34(24-30-11-9-8-10-12-30)40(26-31-17-13-28(2)14-18-31)37(42)27-41(32-19-22-35(46-4)36(25-32)47-5)48(44,45)33-20-15-29(3)16-21-33/h8-22,25,34H,6-7,23-24,26-27H2,1-5H3,(H,39,43)/t34-/m1/s1. The van der Waals surface area contributed by atoms with Crippen LogP contribution in [0.5, 0.6) is 11.5 Å². The van der Waals surface area contributed by atoms with E-state index in [4.69, 9.17) is 9.47 Å². The monoisotopic (exact) mass is 671 g/mol. The van der Waals surface area contributed by atoms with Gasteiger partial charge in [-0.15, -0.1) is 0 Å². The predicted molar refractivity (Wildman–Crippen MR) is 189 cm³/mol. The van der Waals surface area contributed by atoms with Gasteiger partial charge in [0.25, 0.3) is 10.0 Å². The number of ether oxygens (including phenoxy) is 2. The van der Waals surface area contributed by atoms with Crippen LogP contribution >= 0.6 is 0 Å². The Labute approximate surface area is 284 Å². The van der Waals surface area contributed by atoms with Crippen molar-refractivity contribution in [1.29, 1.82) is 0 Å². The molecule has 0 radical (unpaired) electrons. The summed E-state index contributed by atoms with van der Waals surface area (Å²) in [7, 11) is -1.31. The number of methoxy groups -OCH3 is 2. The summed E-state index contributed by atoms with van der Waals surface area (Å²) in [6, 6.07) is 27.5. The lowest BCUT2D eigenvalue weighted by molar-refractivity contribution is -0.140. The highest BCUT2D eigenvalue weighted by atomic mass is 32.2. The van der Waals surface area contributed by atoms with Gasteiger partial charge >= 0.3 is 0 Å². The quantitative estimate of drug-likeness (QED) is 0.145. The highest BCUT2D eigenvalue weighted by Crippen LogP contribution is 2.34. The van der Waals surface area contributed by atoms with E-state index in [1.54, 1.807) is 24.3 Å². The van der Waals surface area contributed by atoms with Crippen LogP contribution in [0, 0.1) is 13.8 Å². The Balaban J connectivity index is 1.82. The van der Waals surface area contributed by atoms with Crippen molar-refractivity contribution in [1.82, 2.24) is 10.2 Å². The van der Waals surface area contributed by atoms with Gasteiger partial charge in [-0.1, -0.05) is 91.2 Å². The zero-order valence-corrected chi connectivity index (χ0v) is 29.1. The van der Waals surface area contributed by atoms with Crippen molar-refractivity contribution in [3.05, 3.63) is 119 Å².